The zero-order valence-electron chi connectivity index (χ0n) is 12.9. The molecule has 1 amide bonds. The van der Waals surface area contributed by atoms with Crippen molar-refractivity contribution in [1.29, 1.82) is 0 Å². The molecule has 120 valence electrons. The first-order chi connectivity index (χ1) is 11.5. The van der Waals surface area contributed by atoms with Gasteiger partial charge in [-0.1, -0.05) is 17.7 Å². The number of anilines is 1. The summed E-state index contributed by atoms with van der Waals surface area (Å²) in [5.74, 6) is -0.0511. The zero-order chi connectivity index (χ0) is 16.8. The number of carbonyl (C=O) groups excluding carboxylic acids is 1. The number of benzene rings is 2. The molecule has 4 rings (SSSR count). The highest BCUT2D eigenvalue weighted by atomic mass is 35.5. The third-order valence-electron chi connectivity index (χ3n) is 3.96. The summed E-state index contributed by atoms with van der Waals surface area (Å²) < 4.78 is 14.2. The first-order valence-corrected chi connectivity index (χ1v) is 8.37. The quantitative estimate of drug-likeness (QED) is 0.550. The van der Waals surface area contributed by atoms with Crippen LogP contribution < -0.4 is 5.32 Å². The van der Waals surface area contributed by atoms with Gasteiger partial charge in [0.1, 0.15) is 16.6 Å². The molecular formula is C17H12ClN3O2S. The average Bonchev–Trinajstić information content (AvgIpc) is 3.15. The summed E-state index contributed by atoms with van der Waals surface area (Å²) in [4.78, 5) is 12.7. The van der Waals surface area contributed by atoms with E-state index in [0.29, 0.717) is 21.8 Å². The molecule has 0 spiro atoms. The number of carbonyl (C=O) groups is 1. The molecule has 2 heterocycles. The van der Waals surface area contributed by atoms with E-state index in [2.05, 4.69) is 14.1 Å². The van der Waals surface area contributed by atoms with Crippen molar-refractivity contribution < 1.29 is 9.21 Å². The maximum absolute atomic E-state index is 12.7. The minimum Gasteiger partial charge on any atom is -0.451 e. The second kappa shape index (κ2) is 5.58. The van der Waals surface area contributed by atoms with Crippen LogP contribution in [0, 0.1) is 13.8 Å². The summed E-state index contributed by atoms with van der Waals surface area (Å²) in [7, 11) is 0. The van der Waals surface area contributed by atoms with Gasteiger partial charge in [0, 0.05) is 16.0 Å². The number of halogens is 1. The van der Waals surface area contributed by atoms with Crippen LogP contribution in [0.1, 0.15) is 21.7 Å². The van der Waals surface area contributed by atoms with Gasteiger partial charge in [0.2, 0.25) is 0 Å². The van der Waals surface area contributed by atoms with Crippen molar-refractivity contribution in [2.24, 2.45) is 0 Å². The van der Waals surface area contributed by atoms with Crippen LogP contribution in [0.4, 0.5) is 5.69 Å². The zero-order valence-corrected chi connectivity index (χ0v) is 14.5. The fourth-order valence-corrected chi connectivity index (χ4v) is 3.36. The van der Waals surface area contributed by atoms with Gasteiger partial charge in [-0.2, -0.15) is 8.75 Å². The van der Waals surface area contributed by atoms with Gasteiger partial charge in [-0.15, -0.1) is 0 Å². The molecule has 0 fully saturated rings. The first kappa shape index (κ1) is 15.1. The Hall–Kier alpha value is -2.44. The van der Waals surface area contributed by atoms with Crippen LogP contribution in [0.3, 0.4) is 0 Å². The Bertz CT molecular complexity index is 1100. The predicted octanol–water partition coefficient (Wildman–Crippen LogP) is 4.96. The normalized spacial score (nSPS) is 11.3. The van der Waals surface area contributed by atoms with E-state index >= 15 is 0 Å². The first-order valence-electron chi connectivity index (χ1n) is 7.26. The Morgan fingerprint density at radius 1 is 1.25 bits per heavy atom. The summed E-state index contributed by atoms with van der Waals surface area (Å²) in [5.41, 5.74) is 4.34. The van der Waals surface area contributed by atoms with Crippen LogP contribution >= 0.6 is 23.3 Å². The lowest BCUT2D eigenvalue weighted by Crippen LogP contribution is -2.12. The molecule has 24 heavy (non-hydrogen) atoms. The number of aryl methyl sites for hydroxylation is 2. The van der Waals surface area contributed by atoms with Crippen LogP contribution in [0.15, 0.2) is 34.7 Å². The van der Waals surface area contributed by atoms with Gasteiger partial charge in [0.25, 0.3) is 5.91 Å². The van der Waals surface area contributed by atoms with Crippen LogP contribution in [0.5, 0.6) is 0 Å². The lowest BCUT2D eigenvalue weighted by Gasteiger charge is -2.04. The van der Waals surface area contributed by atoms with Gasteiger partial charge >= 0.3 is 0 Å². The summed E-state index contributed by atoms with van der Waals surface area (Å²) >= 11 is 7.29. The minimum atomic E-state index is -0.321. The number of hydrogen-bond acceptors (Lipinski definition) is 5. The molecule has 0 bridgehead atoms. The Kier molecular flexibility index (Phi) is 3.51. The third-order valence-corrected chi connectivity index (χ3v) is 4.91. The molecule has 0 saturated carbocycles. The number of nitrogens with zero attached hydrogens (tertiary/aromatic N) is 2. The van der Waals surface area contributed by atoms with Crippen LogP contribution in [0.25, 0.3) is 22.0 Å². The SMILES string of the molecule is Cc1cc2oc(C(=O)Nc3cccc4nsnc34)c(C)c2cc1Cl. The Labute approximate surface area is 146 Å². The highest BCUT2D eigenvalue weighted by Gasteiger charge is 2.19. The van der Waals surface area contributed by atoms with Gasteiger partial charge in [0.05, 0.1) is 17.4 Å². The Balaban J connectivity index is 1.76. The van der Waals surface area contributed by atoms with Gasteiger partial charge in [-0.05, 0) is 43.7 Å². The fourth-order valence-electron chi connectivity index (χ4n) is 2.64. The summed E-state index contributed by atoms with van der Waals surface area (Å²) in [6, 6.07) is 9.14. The predicted molar refractivity (Wildman–Crippen MR) is 96.1 cm³/mol. The van der Waals surface area contributed by atoms with Gasteiger partial charge < -0.3 is 9.73 Å². The Morgan fingerprint density at radius 3 is 2.92 bits per heavy atom. The molecule has 0 radical (unpaired) electrons. The van der Waals surface area contributed by atoms with Crippen molar-refractivity contribution in [3.05, 3.63) is 52.2 Å². The molecule has 0 atom stereocenters. The number of nitrogens with one attached hydrogen (secondary N) is 1. The van der Waals surface area contributed by atoms with E-state index < -0.39 is 0 Å². The van der Waals surface area contributed by atoms with E-state index in [1.807, 2.05) is 38.1 Å². The fraction of sp³-hybridized carbons (Fsp3) is 0.118. The smallest absolute Gasteiger partial charge is 0.291 e. The summed E-state index contributed by atoms with van der Waals surface area (Å²) in [6.45, 7) is 3.74. The summed E-state index contributed by atoms with van der Waals surface area (Å²) in [5, 5.41) is 4.34. The van der Waals surface area contributed by atoms with Crippen LogP contribution in [-0.4, -0.2) is 14.7 Å². The van der Waals surface area contributed by atoms with Crippen molar-refractivity contribution in [2.45, 2.75) is 13.8 Å². The highest BCUT2D eigenvalue weighted by molar-refractivity contribution is 7.00. The third kappa shape index (κ3) is 2.35. The van der Waals surface area contributed by atoms with Crippen molar-refractivity contribution in [1.82, 2.24) is 8.75 Å². The number of furan rings is 1. The van der Waals surface area contributed by atoms with E-state index in [9.17, 15) is 4.79 Å². The second-order valence-corrected chi connectivity index (χ2v) is 6.48. The summed E-state index contributed by atoms with van der Waals surface area (Å²) in [6.07, 6.45) is 0. The second-order valence-electron chi connectivity index (χ2n) is 5.55. The highest BCUT2D eigenvalue weighted by Crippen LogP contribution is 2.31. The van der Waals surface area contributed by atoms with Gasteiger partial charge in [-0.3, -0.25) is 4.79 Å². The maximum atomic E-state index is 12.7. The molecule has 7 heteroatoms. The number of aromatic nitrogens is 2. The molecular weight excluding hydrogens is 346 g/mol. The monoisotopic (exact) mass is 357 g/mol. The molecule has 2 aromatic carbocycles. The largest absolute Gasteiger partial charge is 0.451 e. The van der Waals surface area contributed by atoms with E-state index in [1.165, 1.54) is 0 Å². The molecule has 0 unspecified atom stereocenters. The Morgan fingerprint density at radius 2 is 2.08 bits per heavy atom. The van der Waals surface area contributed by atoms with Crippen molar-refractivity contribution in [3.8, 4) is 0 Å². The van der Waals surface area contributed by atoms with Crippen LogP contribution in [0.2, 0.25) is 5.02 Å². The molecule has 1 N–H and O–H groups in total. The van der Waals surface area contributed by atoms with E-state index in [0.717, 1.165) is 33.8 Å². The number of rotatable bonds is 2. The van der Waals surface area contributed by atoms with Crippen molar-refractivity contribution in [3.63, 3.8) is 0 Å². The van der Waals surface area contributed by atoms with E-state index in [-0.39, 0.29) is 11.7 Å². The van der Waals surface area contributed by atoms with Gasteiger partial charge in [-0.25, -0.2) is 0 Å². The molecule has 0 saturated heterocycles. The molecule has 5 nitrogen and oxygen atoms in total. The van der Waals surface area contributed by atoms with Crippen LogP contribution in [-0.2, 0) is 0 Å². The van der Waals surface area contributed by atoms with E-state index in [1.54, 1.807) is 6.07 Å². The topological polar surface area (TPSA) is 68.0 Å². The molecule has 0 aliphatic rings. The maximum Gasteiger partial charge on any atom is 0.291 e. The van der Waals surface area contributed by atoms with E-state index in [4.69, 9.17) is 16.0 Å². The van der Waals surface area contributed by atoms with Crippen molar-refractivity contribution >= 4 is 56.9 Å². The minimum absolute atomic E-state index is 0.270. The molecule has 0 aliphatic heterocycles. The number of amides is 1. The number of hydrogen-bond donors (Lipinski definition) is 1. The molecule has 4 aromatic rings. The van der Waals surface area contributed by atoms with Crippen molar-refractivity contribution in [2.75, 3.05) is 5.32 Å². The molecule has 0 aliphatic carbocycles. The number of fused-ring (bicyclic) bond motifs is 2. The molecule has 2 aromatic heterocycles. The lowest BCUT2D eigenvalue weighted by atomic mass is 10.1. The van der Waals surface area contributed by atoms with Gasteiger partial charge in [0.15, 0.2) is 5.76 Å². The standard InChI is InChI=1S/C17H12ClN3O2S/c1-8-6-14-10(7-11(8)18)9(2)16(23-14)17(22)19-12-4-3-5-13-15(12)21-24-20-13/h3-7H,1-2H3,(H,19,22). The average molecular weight is 358 g/mol. The lowest BCUT2D eigenvalue weighted by molar-refractivity contribution is 0.0998.